The number of hydrogen-bond acceptors (Lipinski definition) is 5. The summed E-state index contributed by atoms with van der Waals surface area (Å²) < 4.78 is 16.7. The summed E-state index contributed by atoms with van der Waals surface area (Å²) in [5.74, 6) is 2.16. The molecule has 0 fully saturated rings. The highest BCUT2D eigenvalue weighted by Crippen LogP contribution is 2.29. The van der Waals surface area contributed by atoms with Crippen molar-refractivity contribution < 1.29 is 23.8 Å². The van der Waals surface area contributed by atoms with E-state index in [4.69, 9.17) is 14.2 Å². The Kier molecular flexibility index (Phi) is 11.4. The highest BCUT2D eigenvalue weighted by molar-refractivity contribution is 5.87. The summed E-state index contributed by atoms with van der Waals surface area (Å²) in [5, 5.41) is 2.95. The molecule has 0 heterocycles. The molecule has 192 valence electrons. The fourth-order valence-corrected chi connectivity index (χ4v) is 3.65. The Balaban J connectivity index is 2.19. The van der Waals surface area contributed by atoms with Gasteiger partial charge in [-0.3, -0.25) is 9.59 Å². The number of hydrogen-bond donors (Lipinski definition) is 1. The summed E-state index contributed by atoms with van der Waals surface area (Å²) in [6.07, 6.45) is 0.797. The standard InChI is InChI=1S/C28H40N2O5/c1-7-34-25-14-12-22(17-26(25)35-8-2)13-15-27(31)30(21(5)28(32)29-18-20(3)4)19-23-10-9-11-24(16-23)33-6/h9-12,14,16-17,20-21H,7-8,13,15,18-19H2,1-6H3,(H,29,32)/t21-/m0/s1. The molecule has 0 bridgehead atoms. The number of nitrogens with zero attached hydrogens (tertiary/aromatic N) is 1. The van der Waals surface area contributed by atoms with E-state index in [1.165, 1.54) is 0 Å². The predicted molar refractivity (Wildman–Crippen MR) is 138 cm³/mol. The first-order valence-electron chi connectivity index (χ1n) is 12.4. The summed E-state index contributed by atoms with van der Waals surface area (Å²) in [7, 11) is 1.61. The van der Waals surface area contributed by atoms with Crippen LogP contribution in [0.3, 0.4) is 0 Å². The Morgan fingerprint density at radius 2 is 1.66 bits per heavy atom. The van der Waals surface area contributed by atoms with Crippen molar-refractivity contribution in [1.82, 2.24) is 10.2 Å². The molecule has 35 heavy (non-hydrogen) atoms. The highest BCUT2D eigenvalue weighted by atomic mass is 16.5. The second kappa shape index (κ2) is 14.2. The molecule has 2 aromatic carbocycles. The van der Waals surface area contributed by atoms with Gasteiger partial charge >= 0.3 is 0 Å². The Labute approximate surface area is 209 Å². The topological polar surface area (TPSA) is 77.1 Å². The van der Waals surface area contributed by atoms with Gasteiger partial charge < -0.3 is 24.4 Å². The smallest absolute Gasteiger partial charge is 0.242 e. The van der Waals surface area contributed by atoms with Crippen molar-refractivity contribution >= 4 is 11.8 Å². The monoisotopic (exact) mass is 484 g/mol. The number of amides is 2. The van der Waals surface area contributed by atoms with Crippen LogP contribution in [-0.4, -0.2) is 49.6 Å². The quantitative estimate of drug-likeness (QED) is 0.424. The molecule has 1 atom stereocenters. The zero-order valence-corrected chi connectivity index (χ0v) is 21.9. The first kappa shape index (κ1) is 28.0. The van der Waals surface area contributed by atoms with Crippen molar-refractivity contribution in [2.75, 3.05) is 26.9 Å². The van der Waals surface area contributed by atoms with Crippen LogP contribution in [0.25, 0.3) is 0 Å². The van der Waals surface area contributed by atoms with Gasteiger partial charge in [0.25, 0.3) is 0 Å². The van der Waals surface area contributed by atoms with Gasteiger partial charge in [-0.25, -0.2) is 0 Å². The maximum Gasteiger partial charge on any atom is 0.242 e. The molecule has 0 saturated carbocycles. The van der Waals surface area contributed by atoms with E-state index >= 15 is 0 Å². The Morgan fingerprint density at radius 1 is 0.943 bits per heavy atom. The van der Waals surface area contributed by atoms with E-state index in [0.717, 1.165) is 11.1 Å². The molecule has 7 heteroatoms. The van der Waals surface area contributed by atoms with Gasteiger partial charge in [-0.15, -0.1) is 0 Å². The second-order valence-electron chi connectivity index (χ2n) is 8.84. The van der Waals surface area contributed by atoms with Crippen molar-refractivity contribution in [3.63, 3.8) is 0 Å². The lowest BCUT2D eigenvalue weighted by Crippen LogP contribution is -2.48. The predicted octanol–water partition coefficient (Wildman–Crippen LogP) is 4.61. The minimum Gasteiger partial charge on any atom is -0.497 e. The molecule has 0 aliphatic heterocycles. The number of benzene rings is 2. The fraction of sp³-hybridized carbons (Fsp3) is 0.500. The van der Waals surface area contributed by atoms with E-state index in [2.05, 4.69) is 5.32 Å². The van der Waals surface area contributed by atoms with Crippen molar-refractivity contribution in [2.45, 2.75) is 60.0 Å². The number of nitrogens with one attached hydrogen (secondary N) is 1. The highest BCUT2D eigenvalue weighted by Gasteiger charge is 2.26. The molecule has 0 aliphatic rings. The average molecular weight is 485 g/mol. The number of carbonyl (C=O) groups excluding carboxylic acids is 2. The zero-order valence-electron chi connectivity index (χ0n) is 21.9. The Hall–Kier alpha value is -3.22. The lowest BCUT2D eigenvalue weighted by Gasteiger charge is -2.29. The lowest BCUT2D eigenvalue weighted by atomic mass is 10.1. The van der Waals surface area contributed by atoms with Gasteiger partial charge in [-0.05, 0) is 68.5 Å². The van der Waals surface area contributed by atoms with Crippen molar-refractivity contribution in [2.24, 2.45) is 5.92 Å². The van der Waals surface area contributed by atoms with Crippen LogP contribution in [0.1, 0.15) is 52.2 Å². The van der Waals surface area contributed by atoms with Crippen LogP contribution in [0.5, 0.6) is 17.2 Å². The van der Waals surface area contributed by atoms with Crippen LogP contribution in [-0.2, 0) is 22.6 Å². The van der Waals surface area contributed by atoms with Gasteiger partial charge in [0.1, 0.15) is 11.8 Å². The lowest BCUT2D eigenvalue weighted by molar-refractivity contribution is -0.140. The van der Waals surface area contributed by atoms with E-state index < -0.39 is 6.04 Å². The van der Waals surface area contributed by atoms with Crippen molar-refractivity contribution in [1.29, 1.82) is 0 Å². The molecule has 0 unspecified atom stereocenters. The first-order chi connectivity index (χ1) is 16.8. The molecule has 0 aromatic heterocycles. The molecule has 2 rings (SSSR count). The van der Waals surface area contributed by atoms with Gasteiger partial charge in [0.2, 0.25) is 11.8 Å². The van der Waals surface area contributed by atoms with E-state index in [1.54, 1.807) is 18.9 Å². The van der Waals surface area contributed by atoms with Crippen LogP contribution in [0.2, 0.25) is 0 Å². The number of carbonyl (C=O) groups is 2. The first-order valence-corrected chi connectivity index (χ1v) is 12.4. The average Bonchev–Trinajstić information content (AvgIpc) is 2.85. The zero-order chi connectivity index (χ0) is 25.8. The third-order valence-corrected chi connectivity index (χ3v) is 5.57. The van der Waals surface area contributed by atoms with E-state index in [-0.39, 0.29) is 18.2 Å². The van der Waals surface area contributed by atoms with Gasteiger partial charge in [0.15, 0.2) is 11.5 Å². The summed E-state index contributed by atoms with van der Waals surface area (Å²) in [6.45, 7) is 11.7. The molecule has 7 nitrogen and oxygen atoms in total. The Bertz CT molecular complexity index is 960. The molecular weight excluding hydrogens is 444 g/mol. The number of methoxy groups -OCH3 is 1. The number of aryl methyl sites for hydroxylation is 1. The van der Waals surface area contributed by atoms with Crippen LogP contribution in [0, 0.1) is 5.92 Å². The summed E-state index contributed by atoms with van der Waals surface area (Å²) in [4.78, 5) is 27.9. The normalized spacial score (nSPS) is 11.6. The van der Waals surface area contributed by atoms with E-state index in [1.807, 2.05) is 70.2 Å². The third kappa shape index (κ3) is 8.81. The summed E-state index contributed by atoms with van der Waals surface area (Å²) in [6, 6.07) is 12.7. The summed E-state index contributed by atoms with van der Waals surface area (Å²) in [5.41, 5.74) is 1.88. The number of rotatable bonds is 14. The molecule has 0 saturated heterocycles. The molecule has 0 aliphatic carbocycles. The SMILES string of the molecule is CCOc1ccc(CCC(=O)N(Cc2cccc(OC)c2)[C@@H](C)C(=O)NCC(C)C)cc1OCC. The molecule has 1 N–H and O–H groups in total. The van der Waals surface area contributed by atoms with Crippen molar-refractivity contribution in [3.8, 4) is 17.2 Å². The maximum absolute atomic E-state index is 13.4. The minimum atomic E-state index is -0.605. The third-order valence-electron chi connectivity index (χ3n) is 5.57. The van der Waals surface area contributed by atoms with Crippen LogP contribution in [0.15, 0.2) is 42.5 Å². The minimum absolute atomic E-state index is 0.0909. The maximum atomic E-state index is 13.4. The molecule has 2 aromatic rings. The second-order valence-corrected chi connectivity index (χ2v) is 8.84. The Morgan fingerprint density at radius 3 is 2.31 bits per heavy atom. The molecule has 0 radical (unpaired) electrons. The largest absolute Gasteiger partial charge is 0.497 e. The van der Waals surface area contributed by atoms with E-state index in [9.17, 15) is 9.59 Å². The van der Waals surface area contributed by atoms with Gasteiger partial charge in [-0.2, -0.15) is 0 Å². The molecule has 0 spiro atoms. The van der Waals surface area contributed by atoms with Gasteiger partial charge in [0.05, 0.1) is 20.3 Å². The van der Waals surface area contributed by atoms with Crippen molar-refractivity contribution in [3.05, 3.63) is 53.6 Å². The van der Waals surface area contributed by atoms with Gasteiger partial charge in [0, 0.05) is 19.5 Å². The van der Waals surface area contributed by atoms with Crippen LogP contribution >= 0.6 is 0 Å². The van der Waals surface area contributed by atoms with Crippen LogP contribution < -0.4 is 19.5 Å². The van der Waals surface area contributed by atoms with Gasteiger partial charge in [-0.1, -0.05) is 32.0 Å². The number of ether oxygens (including phenoxy) is 3. The molecule has 2 amide bonds. The van der Waals surface area contributed by atoms with Crippen LogP contribution in [0.4, 0.5) is 0 Å². The van der Waals surface area contributed by atoms with E-state index in [0.29, 0.717) is 55.9 Å². The molecular formula is C28H40N2O5. The summed E-state index contributed by atoms with van der Waals surface area (Å²) >= 11 is 0. The fourth-order valence-electron chi connectivity index (χ4n) is 3.65.